The summed E-state index contributed by atoms with van der Waals surface area (Å²) < 4.78 is 5.05. The van der Waals surface area contributed by atoms with Gasteiger partial charge in [-0.25, -0.2) is 0 Å². The number of carbonyl (C=O) groups is 1. The van der Waals surface area contributed by atoms with Crippen LogP contribution in [0.4, 0.5) is 0 Å². The zero-order valence-corrected chi connectivity index (χ0v) is 14.1. The molecule has 0 saturated carbocycles. The Kier molecular flexibility index (Phi) is 8.89. The van der Waals surface area contributed by atoms with Crippen LogP contribution in [-0.4, -0.2) is 53.1 Å². The van der Waals surface area contributed by atoms with Crippen molar-refractivity contribution in [3.63, 3.8) is 0 Å². The maximum atomic E-state index is 11.9. The van der Waals surface area contributed by atoms with Crippen LogP contribution in [0.1, 0.15) is 24.8 Å². The molecule has 1 aromatic rings. The molecule has 2 rings (SSSR count). The SMILES string of the molecule is Cc1cc(CN2CCN(C(=O)CC(C)N)CC2)no1.Cl.Cl. The molecule has 1 amide bonds. The third-order valence-corrected chi connectivity index (χ3v) is 3.28. The molecule has 1 atom stereocenters. The van der Waals surface area contributed by atoms with Crippen molar-refractivity contribution in [1.29, 1.82) is 0 Å². The predicted molar refractivity (Wildman–Crippen MR) is 85.9 cm³/mol. The van der Waals surface area contributed by atoms with Crippen molar-refractivity contribution in [3.8, 4) is 0 Å². The summed E-state index contributed by atoms with van der Waals surface area (Å²) in [4.78, 5) is 16.1. The van der Waals surface area contributed by atoms with Crippen molar-refractivity contribution in [2.75, 3.05) is 26.2 Å². The van der Waals surface area contributed by atoms with Crippen LogP contribution in [0, 0.1) is 6.92 Å². The smallest absolute Gasteiger partial charge is 0.224 e. The third kappa shape index (κ3) is 6.22. The molecule has 1 aromatic heterocycles. The summed E-state index contributed by atoms with van der Waals surface area (Å²) in [5.74, 6) is 0.993. The van der Waals surface area contributed by atoms with Crippen LogP contribution in [0.15, 0.2) is 10.6 Å². The minimum Gasteiger partial charge on any atom is -0.361 e. The summed E-state index contributed by atoms with van der Waals surface area (Å²) in [6.45, 7) is 7.81. The predicted octanol–water partition coefficient (Wildman–Crippen LogP) is 1.21. The lowest BCUT2D eigenvalue weighted by atomic mass is 10.2. The average molecular weight is 339 g/mol. The quantitative estimate of drug-likeness (QED) is 0.892. The van der Waals surface area contributed by atoms with Gasteiger partial charge in [-0.15, -0.1) is 24.8 Å². The number of amides is 1. The average Bonchev–Trinajstić information content (AvgIpc) is 2.75. The zero-order valence-electron chi connectivity index (χ0n) is 12.4. The summed E-state index contributed by atoms with van der Waals surface area (Å²) in [5, 5.41) is 3.99. The van der Waals surface area contributed by atoms with Gasteiger partial charge in [-0.2, -0.15) is 0 Å². The Hall–Kier alpha value is -0.820. The highest BCUT2D eigenvalue weighted by Gasteiger charge is 2.22. The summed E-state index contributed by atoms with van der Waals surface area (Å²) in [5.41, 5.74) is 6.61. The third-order valence-electron chi connectivity index (χ3n) is 3.28. The van der Waals surface area contributed by atoms with Crippen molar-refractivity contribution in [2.45, 2.75) is 32.9 Å². The van der Waals surface area contributed by atoms with Crippen LogP contribution in [0.3, 0.4) is 0 Å². The van der Waals surface area contributed by atoms with E-state index in [1.807, 2.05) is 24.8 Å². The minimum absolute atomic E-state index is 0. The highest BCUT2D eigenvalue weighted by Crippen LogP contribution is 2.10. The fourth-order valence-electron chi connectivity index (χ4n) is 2.28. The van der Waals surface area contributed by atoms with Gasteiger partial charge >= 0.3 is 0 Å². The second-order valence-corrected chi connectivity index (χ2v) is 5.27. The monoisotopic (exact) mass is 338 g/mol. The van der Waals surface area contributed by atoms with Crippen LogP contribution >= 0.6 is 24.8 Å². The first-order valence-corrected chi connectivity index (χ1v) is 6.72. The Balaban J connectivity index is 0.00000200. The topological polar surface area (TPSA) is 75.6 Å². The van der Waals surface area contributed by atoms with E-state index in [1.165, 1.54) is 0 Å². The van der Waals surface area contributed by atoms with Crippen molar-refractivity contribution < 1.29 is 9.32 Å². The van der Waals surface area contributed by atoms with Gasteiger partial charge in [-0.1, -0.05) is 5.16 Å². The van der Waals surface area contributed by atoms with E-state index in [-0.39, 0.29) is 36.8 Å². The Bertz CT molecular complexity index is 432. The Morgan fingerprint density at radius 2 is 2.00 bits per heavy atom. The normalized spacial score (nSPS) is 16.8. The Labute approximate surface area is 137 Å². The molecule has 2 heterocycles. The fourth-order valence-corrected chi connectivity index (χ4v) is 2.28. The first-order valence-electron chi connectivity index (χ1n) is 6.72. The number of nitrogens with zero attached hydrogens (tertiary/aromatic N) is 3. The van der Waals surface area contributed by atoms with Gasteiger partial charge in [0.2, 0.25) is 5.91 Å². The van der Waals surface area contributed by atoms with Crippen LogP contribution in [0.25, 0.3) is 0 Å². The fraction of sp³-hybridized carbons (Fsp3) is 0.692. The molecule has 0 spiro atoms. The number of piperazine rings is 1. The first-order chi connectivity index (χ1) is 9.04. The second kappa shape index (κ2) is 9.25. The van der Waals surface area contributed by atoms with Crippen molar-refractivity contribution in [3.05, 3.63) is 17.5 Å². The zero-order chi connectivity index (χ0) is 13.8. The number of nitrogens with two attached hydrogens (primary N) is 1. The number of rotatable bonds is 4. The van der Waals surface area contributed by atoms with Gasteiger partial charge in [0.15, 0.2) is 0 Å². The molecular formula is C13H24Cl2N4O2. The van der Waals surface area contributed by atoms with Crippen molar-refractivity contribution in [2.24, 2.45) is 5.73 Å². The first kappa shape index (κ1) is 20.2. The van der Waals surface area contributed by atoms with E-state index < -0.39 is 0 Å². The summed E-state index contributed by atoms with van der Waals surface area (Å²) >= 11 is 0. The molecule has 21 heavy (non-hydrogen) atoms. The summed E-state index contributed by atoms with van der Waals surface area (Å²) in [7, 11) is 0. The molecule has 1 aliphatic rings. The standard InChI is InChI=1S/C13H22N4O2.2ClH/c1-10(14)7-13(18)17-5-3-16(4-6-17)9-12-8-11(2)19-15-12;;/h8,10H,3-7,9,14H2,1-2H3;2*1H. The number of aryl methyl sites for hydroxylation is 1. The molecular weight excluding hydrogens is 315 g/mol. The largest absolute Gasteiger partial charge is 0.361 e. The molecule has 8 heteroatoms. The molecule has 2 N–H and O–H groups in total. The molecule has 0 radical (unpaired) electrons. The molecule has 6 nitrogen and oxygen atoms in total. The van der Waals surface area contributed by atoms with E-state index in [0.717, 1.165) is 44.2 Å². The molecule has 0 bridgehead atoms. The minimum atomic E-state index is -0.0661. The van der Waals surface area contributed by atoms with Gasteiger partial charge in [-0.3, -0.25) is 9.69 Å². The van der Waals surface area contributed by atoms with Gasteiger partial charge in [0.25, 0.3) is 0 Å². The molecule has 0 aliphatic carbocycles. The Morgan fingerprint density at radius 1 is 1.38 bits per heavy atom. The molecule has 0 aromatic carbocycles. The number of hydrogen-bond acceptors (Lipinski definition) is 5. The van der Waals surface area contributed by atoms with E-state index >= 15 is 0 Å². The number of aromatic nitrogens is 1. The van der Waals surface area contributed by atoms with Crippen molar-refractivity contribution in [1.82, 2.24) is 15.0 Å². The van der Waals surface area contributed by atoms with E-state index in [9.17, 15) is 4.79 Å². The van der Waals surface area contributed by atoms with Gasteiger partial charge < -0.3 is 15.2 Å². The van der Waals surface area contributed by atoms with Gasteiger partial charge in [0.05, 0.1) is 5.69 Å². The van der Waals surface area contributed by atoms with E-state index in [4.69, 9.17) is 10.3 Å². The van der Waals surface area contributed by atoms with Gasteiger partial charge in [0, 0.05) is 51.3 Å². The lowest BCUT2D eigenvalue weighted by Gasteiger charge is -2.34. The van der Waals surface area contributed by atoms with Crippen LogP contribution in [0.2, 0.25) is 0 Å². The Morgan fingerprint density at radius 3 is 2.48 bits per heavy atom. The number of hydrogen-bond donors (Lipinski definition) is 1. The lowest BCUT2D eigenvalue weighted by molar-refractivity contribution is -0.133. The van der Waals surface area contributed by atoms with Crippen molar-refractivity contribution >= 4 is 30.7 Å². The molecule has 1 aliphatic heterocycles. The number of halogens is 2. The molecule has 122 valence electrons. The highest BCUT2D eigenvalue weighted by molar-refractivity contribution is 5.85. The van der Waals surface area contributed by atoms with Crippen LogP contribution in [0.5, 0.6) is 0 Å². The van der Waals surface area contributed by atoms with E-state index in [0.29, 0.717) is 6.42 Å². The highest BCUT2D eigenvalue weighted by atomic mass is 35.5. The molecule has 1 unspecified atom stereocenters. The van der Waals surface area contributed by atoms with E-state index in [1.54, 1.807) is 0 Å². The molecule has 1 fully saturated rings. The molecule has 1 saturated heterocycles. The van der Waals surface area contributed by atoms with E-state index in [2.05, 4.69) is 10.1 Å². The van der Waals surface area contributed by atoms with Crippen LogP contribution in [-0.2, 0) is 11.3 Å². The maximum Gasteiger partial charge on any atom is 0.224 e. The van der Waals surface area contributed by atoms with Gasteiger partial charge in [0.1, 0.15) is 5.76 Å². The van der Waals surface area contributed by atoms with Crippen LogP contribution < -0.4 is 5.73 Å². The summed E-state index contributed by atoms with van der Waals surface area (Å²) in [6.07, 6.45) is 0.433. The number of carbonyl (C=O) groups excluding carboxylic acids is 1. The summed E-state index contributed by atoms with van der Waals surface area (Å²) in [6, 6.07) is 1.89. The lowest BCUT2D eigenvalue weighted by Crippen LogP contribution is -2.49. The second-order valence-electron chi connectivity index (χ2n) is 5.27. The maximum absolute atomic E-state index is 11.9. The van der Waals surface area contributed by atoms with Gasteiger partial charge in [-0.05, 0) is 13.8 Å².